The van der Waals surface area contributed by atoms with Gasteiger partial charge >= 0.3 is 6.03 Å². The summed E-state index contributed by atoms with van der Waals surface area (Å²) in [4.78, 5) is 14.1. The number of halogens is 1. The van der Waals surface area contributed by atoms with Crippen molar-refractivity contribution in [2.45, 2.75) is 50.0 Å². The highest BCUT2D eigenvalue weighted by Crippen LogP contribution is 2.40. The van der Waals surface area contributed by atoms with Crippen LogP contribution in [0.3, 0.4) is 0 Å². The molecule has 3 rings (SSSR count). The summed E-state index contributed by atoms with van der Waals surface area (Å²) in [5.74, 6) is -0.228. The highest BCUT2D eigenvalue weighted by atomic mass is 19.1. The number of nitrogens with one attached hydrogen (secondary N) is 1. The first-order chi connectivity index (χ1) is 11.1. The molecule has 1 heterocycles. The number of carbonyl (C=O) groups excluding carboxylic acids is 1. The van der Waals surface area contributed by atoms with E-state index in [4.69, 9.17) is 0 Å². The zero-order valence-electron chi connectivity index (χ0n) is 13.4. The van der Waals surface area contributed by atoms with E-state index in [9.17, 15) is 14.3 Å². The van der Waals surface area contributed by atoms with Crippen LogP contribution in [0.5, 0.6) is 0 Å². The van der Waals surface area contributed by atoms with Crippen LogP contribution in [0, 0.1) is 5.82 Å². The zero-order valence-corrected chi connectivity index (χ0v) is 13.4. The van der Waals surface area contributed by atoms with Crippen molar-refractivity contribution in [2.75, 3.05) is 19.6 Å². The number of hydrogen-bond donors (Lipinski definition) is 2. The molecule has 23 heavy (non-hydrogen) atoms. The third-order valence-electron chi connectivity index (χ3n) is 5.28. The molecule has 0 spiro atoms. The smallest absolute Gasteiger partial charge is 0.317 e. The van der Waals surface area contributed by atoms with E-state index < -0.39 is 6.10 Å². The van der Waals surface area contributed by atoms with Crippen LogP contribution in [0.2, 0.25) is 0 Å². The number of aliphatic hydroxyl groups is 1. The van der Waals surface area contributed by atoms with Crippen LogP contribution in [-0.2, 0) is 5.41 Å². The first-order valence-electron chi connectivity index (χ1n) is 8.56. The average Bonchev–Trinajstić information content (AvgIpc) is 3.03. The number of piperidine rings is 1. The second-order valence-corrected chi connectivity index (χ2v) is 6.90. The summed E-state index contributed by atoms with van der Waals surface area (Å²) in [6, 6.07) is 6.59. The number of hydrogen-bond acceptors (Lipinski definition) is 2. The topological polar surface area (TPSA) is 52.6 Å². The Labute approximate surface area is 136 Å². The van der Waals surface area contributed by atoms with Crippen molar-refractivity contribution >= 4 is 6.03 Å². The summed E-state index contributed by atoms with van der Waals surface area (Å²) < 4.78 is 13.2. The van der Waals surface area contributed by atoms with E-state index in [1.54, 1.807) is 4.90 Å². The Bertz CT molecular complexity index is 540. The average molecular weight is 320 g/mol. The molecule has 2 N–H and O–H groups in total. The van der Waals surface area contributed by atoms with E-state index in [0.29, 0.717) is 19.6 Å². The van der Waals surface area contributed by atoms with Gasteiger partial charge in [0.2, 0.25) is 0 Å². The lowest BCUT2D eigenvalue weighted by molar-refractivity contribution is 0.0837. The Morgan fingerprint density at radius 2 is 1.96 bits per heavy atom. The molecule has 1 unspecified atom stereocenters. The summed E-state index contributed by atoms with van der Waals surface area (Å²) in [5.41, 5.74) is 1.02. The van der Waals surface area contributed by atoms with Gasteiger partial charge in [0, 0.05) is 25.0 Å². The number of urea groups is 1. The third-order valence-corrected chi connectivity index (χ3v) is 5.28. The largest absolute Gasteiger partial charge is 0.391 e. The molecule has 0 aromatic heterocycles. The molecule has 1 aliphatic heterocycles. The van der Waals surface area contributed by atoms with Crippen molar-refractivity contribution < 1.29 is 14.3 Å². The number of benzene rings is 1. The summed E-state index contributed by atoms with van der Waals surface area (Å²) >= 11 is 0. The normalized spacial score (nSPS) is 23.7. The first kappa shape index (κ1) is 16.2. The predicted molar refractivity (Wildman–Crippen MR) is 86.8 cm³/mol. The van der Waals surface area contributed by atoms with Gasteiger partial charge in [-0.2, -0.15) is 0 Å². The quantitative estimate of drug-likeness (QED) is 0.900. The van der Waals surface area contributed by atoms with Gasteiger partial charge in [0.25, 0.3) is 0 Å². The molecule has 126 valence electrons. The Morgan fingerprint density at radius 1 is 1.26 bits per heavy atom. The minimum absolute atomic E-state index is 0.0856. The Hall–Kier alpha value is -1.62. The monoisotopic (exact) mass is 320 g/mol. The second-order valence-electron chi connectivity index (χ2n) is 6.90. The Morgan fingerprint density at radius 3 is 2.61 bits per heavy atom. The molecule has 1 saturated heterocycles. The van der Waals surface area contributed by atoms with Gasteiger partial charge in [-0.3, -0.25) is 0 Å². The Balaban J connectivity index is 1.66. The fourth-order valence-corrected chi connectivity index (χ4v) is 3.92. The van der Waals surface area contributed by atoms with Crippen LogP contribution >= 0.6 is 0 Å². The van der Waals surface area contributed by atoms with Gasteiger partial charge in [-0.15, -0.1) is 0 Å². The highest BCUT2D eigenvalue weighted by Gasteiger charge is 2.36. The van der Waals surface area contributed by atoms with Gasteiger partial charge in [-0.1, -0.05) is 25.0 Å². The Kier molecular flexibility index (Phi) is 4.85. The standard InChI is InChI=1S/C18H25FN2O2/c19-15-7-5-14(6-8-15)18(9-1-2-10-18)13-20-17(23)21-11-3-4-16(22)12-21/h5-8,16,22H,1-4,9-13H2,(H,20,23). The lowest BCUT2D eigenvalue weighted by Gasteiger charge is -2.34. The summed E-state index contributed by atoms with van der Waals surface area (Å²) in [6.45, 7) is 1.69. The summed E-state index contributed by atoms with van der Waals surface area (Å²) in [7, 11) is 0. The van der Waals surface area contributed by atoms with E-state index in [1.807, 2.05) is 12.1 Å². The lowest BCUT2D eigenvalue weighted by Crippen LogP contribution is -2.50. The van der Waals surface area contributed by atoms with Crippen LogP contribution in [0.1, 0.15) is 44.1 Å². The van der Waals surface area contributed by atoms with Crippen molar-refractivity contribution in [2.24, 2.45) is 0 Å². The molecule has 0 bridgehead atoms. The maximum Gasteiger partial charge on any atom is 0.317 e. The van der Waals surface area contributed by atoms with Crippen LogP contribution in [0.15, 0.2) is 24.3 Å². The number of carbonyl (C=O) groups is 1. The van der Waals surface area contributed by atoms with Gasteiger partial charge in [0.15, 0.2) is 0 Å². The van der Waals surface area contributed by atoms with Crippen molar-refractivity contribution in [3.8, 4) is 0 Å². The molecule has 1 aromatic carbocycles. The van der Waals surface area contributed by atoms with Gasteiger partial charge < -0.3 is 15.3 Å². The fraction of sp³-hybridized carbons (Fsp3) is 0.611. The predicted octanol–water partition coefficient (Wildman–Crippen LogP) is 2.80. The maximum atomic E-state index is 13.2. The molecule has 2 fully saturated rings. The molecule has 0 radical (unpaired) electrons. The molecular weight excluding hydrogens is 295 g/mol. The molecule has 1 saturated carbocycles. The molecular formula is C18H25FN2O2. The van der Waals surface area contributed by atoms with Gasteiger partial charge in [0.05, 0.1) is 6.10 Å². The minimum Gasteiger partial charge on any atom is -0.391 e. The van der Waals surface area contributed by atoms with Crippen LogP contribution < -0.4 is 5.32 Å². The van der Waals surface area contributed by atoms with Crippen molar-refractivity contribution in [3.63, 3.8) is 0 Å². The highest BCUT2D eigenvalue weighted by molar-refractivity contribution is 5.74. The van der Waals surface area contributed by atoms with Gasteiger partial charge in [0.1, 0.15) is 5.82 Å². The maximum absolute atomic E-state index is 13.2. The fourth-order valence-electron chi connectivity index (χ4n) is 3.92. The van der Waals surface area contributed by atoms with E-state index >= 15 is 0 Å². The molecule has 1 aromatic rings. The molecule has 1 atom stereocenters. The first-order valence-corrected chi connectivity index (χ1v) is 8.56. The molecule has 5 heteroatoms. The van der Waals surface area contributed by atoms with Crippen molar-refractivity contribution in [3.05, 3.63) is 35.6 Å². The zero-order chi connectivity index (χ0) is 16.3. The molecule has 4 nitrogen and oxygen atoms in total. The van der Waals surface area contributed by atoms with E-state index in [1.165, 1.54) is 12.1 Å². The van der Waals surface area contributed by atoms with Crippen LogP contribution in [0.25, 0.3) is 0 Å². The van der Waals surface area contributed by atoms with E-state index in [2.05, 4.69) is 5.32 Å². The van der Waals surface area contributed by atoms with Crippen molar-refractivity contribution in [1.82, 2.24) is 10.2 Å². The minimum atomic E-state index is -0.410. The van der Waals surface area contributed by atoms with Crippen LogP contribution in [0.4, 0.5) is 9.18 Å². The SMILES string of the molecule is O=C(NCC1(c2ccc(F)cc2)CCCC1)N1CCCC(O)C1. The van der Waals surface area contributed by atoms with Gasteiger partial charge in [-0.25, -0.2) is 9.18 Å². The number of rotatable bonds is 3. The molecule has 2 aliphatic rings. The number of amides is 2. The summed E-state index contributed by atoms with van der Waals surface area (Å²) in [5, 5.41) is 12.8. The third kappa shape index (κ3) is 3.66. The van der Waals surface area contributed by atoms with Crippen LogP contribution in [-0.4, -0.2) is 41.8 Å². The number of nitrogens with zero attached hydrogens (tertiary/aromatic N) is 1. The van der Waals surface area contributed by atoms with Gasteiger partial charge in [-0.05, 0) is 43.4 Å². The lowest BCUT2D eigenvalue weighted by atomic mass is 9.79. The number of aliphatic hydroxyl groups excluding tert-OH is 1. The molecule has 1 aliphatic carbocycles. The number of likely N-dealkylation sites (tertiary alicyclic amines) is 1. The summed E-state index contributed by atoms with van der Waals surface area (Å²) in [6.07, 6.45) is 5.50. The second kappa shape index (κ2) is 6.87. The van der Waals surface area contributed by atoms with E-state index in [-0.39, 0.29) is 17.3 Å². The number of β-amino-alcohol motifs (C(OH)–C–C–N with tert-alkyl or cyclic N) is 1. The van der Waals surface area contributed by atoms with E-state index in [0.717, 1.165) is 44.1 Å². The molecule has 2 amide bonds. The van der Waals surface area contributed by atoms with Crippen molar-refractivity contribution in [1.29, 1.82) is 0 Å².